The van der Waals surface area contributed by atoms with Crippen LogP contribution in [0.5, 0.6) is 0 Å². The first kappa shape index (κ1) is 18.0. The summed E-state index contributed by atoms with van der Waals surface area (Å²) in [5, 5.41) is 4.55. The van der Waals surface area contributed by atoms with Gasteiger partial charge in [-0.25, -0.2) is 4.98 Å². The molecular formula is C20H22N4O2S. The number of fused-ring (bicyclic) bond motifs is 1. The Balaban J connectivity index is 1.48. The van der Waals surface area contributed by atoms with Crippen molar-refractivity contribution >= 4 is 28.4 Å². The van der Waals surface area contributed by atoms with E-state index in [1.807, 2.05) is 48.3 Å². The maximum atomic E-state index is 12.4. The average Bonchev–Trinajstić information content (AvgIpc) is 2.72. The van der Waals surface area contributed by atoms with Crippen LogP contribution in [0.25, 0.3) is 10.9 Å². The van der Waals surface area contributed by atoms with Crippen LogP contribution in [-0.2, 0) is 17.0 Å². The predicted molar refractivity (Wildman–Crippen MR) is 109 cm³/mol. The summed E-state index contributed by atoms with van der Waals surface area (Å²) in [7, 11) is 0. The predicted octanol–water partition coefficient (Wildman–Crippen LogP) is 3.34. The standard InChI is InChI=1S/C20H22N4O2S/c25-20-17-4-3-15(22-12-14-2-1-7-21-11-14)10-18(17)23-19(24-20)13-27-16-5-8-26-9-6-16/h1-4,7,10-11,16,22H,5-6,8-9,12-13H2,(H,23,24,25). The first-order valence-corrected chi connectivity index (χ1v) is 10.2. The minimum atomic E-state index is -0.0820. The van der Waals surface area contributed by atoms with Gasteiger partial charge in [0, 0.05) is 43.1 Å². The molecule has 1 aliphatic rings. The summed E-state index contributed by atoms with van der Waals surface area (Å²) in [5.74, 6) is 1.44. The van der Waals surface area contributed by atoms with Gasteiger partial charge < -0.3 is 15.0 Å². The van der Waals surface area contributed by atoms with E-state index >= 15 is 0 Å². The normalized spacial score (nSPS) is 15.1. The van der Waals surface area contributed by atoms with Crippen LogP contribution in [-0.4, -0.2) is 33.4 Å². The molecule has 0 atom stereocenters. The molecule has 0 amide bonds. The first-order valence-electron chi connectivity index (χ1n) is 9.13. The Hall–Kier alpha value is -2.38. The fourth-order valence-electron chi connectivity index (χ4n) is 3.11. The van der Waals surface area contributed by atoms with Crippen LogP contribution in [0, 0.1) is 0 Å². The van der Waals surface area contributed by atoms with Gasteiger partial charge in [0.1, 0.15) is 5.82 Å². The molecule has 0 saturated carbocycles. The monoisotopic (exact) mass is 382 g/mol. The van der Waals surface area contributed by atoms with E-state index in [9.17, 15) is 4.79 Å². The highest BCUT2D eigenvalue weighted by molar-refractivity contribution is 7.99. The third-order valence-electron chi connectivity index (χ3n) is 4.60. The van der Waals surface area contributed by atoms with Crippen LogP contribution in [0.15, 0.2) is 47.5 Å². The van der Waals surface area contributed by atoms with Gasteiger partial charge in [-0.3, -0.25) is 9.78 Å². The fourth-order valence-corrected chi connectivity index (χ4v) is 4.17. The third-order valence-corrected chi connectivity index (χ3v) is 5.98. The number of nitrogens with zero attached hydrogens (tertiary/aromatic N) is 2. The molecule has 27 heavy (non-hydrogen) atoms. The van der Waals surface area contributed by atoms with Crippen molar-refractivity contribution < 1.29 is 4.74 Å². The van der Waals surface area contributed by atoms with Gasteiger partial charge in [0.05, 0.1) is 16.7 Å². The van der Waals surface area contributed by atoms with Gasteiger partial charge in [-0.15, -0.1) is 0 Å². The van der Waals surface area contributed by atoms with E-state index in [0.29, 0.717) is 22.9 Å². The average molecular weight is 382 g/mol. The maximum absolute atomic E-state index is 12.4. The van der Waals surface area contributed by atoms with Crippen LogP contribution in [0.4, 0.5) is 5.69 Å². The van der Waals surface area contributed by atoms with Crippen LogP contribution >= 0.6 is 11.8 Å². The number of rotatable bonds is 6. The molecule has 0 unspecified atom stereocenters. The number of H-pyrrole nitrogens is 1. The Morgan fingerprint density at radius 2 is 2.15 bits per heavy atom. The molecule has 0 bridgehead atoms. The Bertz CT molecular complexity index is 955. The Labute approximate surface area is 161 Å². The van der Waals surface area contributed by atoms with Crippen LogP contribution < -0.4 is 10.9 Å². The summed E-state index contributed by atoms with van der Waals surface area (Å²) in [4.78, 5) is 24.1. The quantitative estimate of drug-likeness (QED) is 0.681. The molecular weight excluding hydrogens is 360 g/mol. The summed E-state index contributed by atoms with van der Waals surface area (Å²) in [6.45, 7) is 2.32. The Morgan fingerprint density at radius 3 is 2.96 bits per heavy atom. The van der Waals surface area contributed by atoms with E-state index in [1.165, 1.54) is 0 Å². The highest BCUT2D eigenvalue weighted by Crippen LogP contribution is 2.25. The highest BCUT2D eigenvalue weighted by Gasteiger charge is 2.15. The number of ether oxygens (including phenoxy) is 1. The van der Waals surface area contributed by atoms with Crippen molar-refractivity contribution in [1.82, 2.24) is 15.0 Å². The molecule has 2 N–H and O–H groups in total. The van der Waals surface area contributed by atoms with Gasteiger partial charge in [-0.05, 0) is 42.7 Å². The van der Waals surface area contributed by atoms with Gasteiger partial charge in [-0.2, -0.15) is 11.8 Å². The molecule has 140 valence electrons. The lowest BCUT2D eigenvalue weighted by molar-refractivity contribution is 0.1000. The number of benzene rings is 1. The number of hydrogen-bond acceptors (Lipinski definition) is 6. The number of hydrogen-bond donors (Lipinski definition) is 2. The van der Waals surface area contributed by atoms with Gasteiger partial charge in [0.2, 0.25) is 0 Å². The van der Waals surface area contributed by atoms with Crippen LogP contribution in [0.3, 0.4) is 0 Å². The molecule has 2 aromatic heterocycles. The van der Waals surface area contributed by atoms with Crippen molar-refractivity contribution in [2.75, 3.05) is 18.5 Å². The van der Waals surface area contributed by atoms with Crippen molar-refractivity contribution in [1.29, 1.82) is 0 Å². The fraction of sp³-hybridized carbons (Fsp3) is 0.350. The SMILES string of the molecule is O=c1[nH]c(CSC2CCOCC2)nc2cc(NCc3cccnc3)ccc12. The lowest BCUT2D eigenvalue weighted by atomic mass is 10.2. The number of nitrogens with one attached hydrogen (secondary N) is 2. The lowest BCUT2D eigenvalue weighted by Gasteiger charge is -2.21. The zero-order valence-corrected chi connectivity index (χ0v) is 15.8. The summed E-state index contributed by atoms with van der Waals surface area (Å²) >= 11 is 1.84. The smallest absolute Gasteiger partial charge is 0.258 e. The highest BCUT2D eigenvalue weighted by atomic mass is 32.2. The molecule has 1 aliphatic heterocycles. The molecule has 4 rings (SSSR count). The van der Waals surface area contributed by atoms with Crippen molar-refractivity contribution in [3.63, 3.8) is 0 Å². The molecule has 0 spiro atoms. The number of pyridine rings is 1. The van der Waals surface area contributed by atoms with Gasteiger partial charge >= 0.3 is 0 Å². The summed E-state index contributed by atoms with van der Waals surface area (Å²) < 4.78 is 5.40. The molecule has 0 radical (unpaired) electrons. The van der Waals surface area contributed by atoms with Crippen molar-refractivity contribution in [2.45, 2.75) is 30.4 Å². The van der Waals surface area contributed by atoms with Crippen LogP contribution in [0.1, 0.15) is 24.2 Å². The molecule has 6 nitrogen and oxygen atoms in total. The van der Waals surface area contributed by atoms with Gasteiger partial charge in [0.25, 0.3) is 5.56 Å². The topological polar surface area (TPSA) is 79.9 Å². The molecule has 0 aliphatic carbocycles. The number of anilines is 1. The number of aromatic nitrogens is 3. The van der Waals surface area contributed by atoms with E-state index < -0.39 is 0 Å². The van der Waals surface area contributed by atoms with E-state index in [1.54, 1.807) is 6.20 Å². The molecule has 1 saturated heterocycles. The van der Waals surface area contributed by atoms with E-state index in [0.717, 1.165) is 48.6 Å². The second kappa shape index (κ2) is 8.54. The zero-order valence-electron chi connectivity index (χ0n) is 15.0. The molecule has 3 aromatic rings. The van der Waals surface area contributed by atoms with Gasteiger partial charge in [-0.1, -0.05) is 6.07 Å². The van der Waals surface area contributed by atoms with Crippen molar-refractivity contribution in [3.8, 4) is 0 Å². The lowest BCUT2D eigenvalue weighted by Crippen LogP contribution is -2.18. The minimum absolute atomic E-state index is 0.0820. The maximum Gasteiger partial charge on any atom is 0.258 e. The summed E-state index contributed by atoms with van der Waals surface area (Å²) in [6, 6.07) is 9.61. The number of thioether (sulfide) groups is 1. The Morgan fingerprint density at radius 1 is 1.26 bits per heavy atom. The Kier molecular flexibility index (Phi) is 5.69. The minimum Gasteiger partial charge on any atom is -0.381 e. The summed E-state index contributed by atoms with van der Waals surface area (Å²) in [5.41, 5.74) is 2.68. The second-order valence-corrected chi connectivity index (χ2v) is 7.87. The zero-order chi connectivity index (χ0) is 18.5. The van der Waals surface area contributed by atoms with Crippen molar-refractivity contribution in [2.24, 2.45) is 0 Å². The van der Waals surface area contributed by atoms with Gasteiger partial charge in [0.15, 0.2) is 0 Å². The molecule has 1 aromatic carbocycles. The summed E-state index contributed by atoms with van der Waals surface area (Å²) in [6.07, 6.45) is 5.72. The van der Waals surface area contributed by atoms with Crippen LogP contribution in [0.2, 0.25) is 0 Å². The molecule has 7 heteroatoms. The third kappa shape index (κ3) is 4.67. The second-order valence-electron chi connectivity index (χ2n) is 6.58. The number of aromatic amines is 1. The molecule has 1 fully saturated rings. The first-order chi connectivity index (χ1) is 13.3. The van der Waals surface area contributed by atoms with E-state index in [2.05, 4.69) is 20.3 Å². The largest absolute Gasteiger partial charge is 0.381 e. The van der Waals surface area contributed by atoms with E-state index in [-0.39, 0.29) is 5.56 Å². The van der Waals surface area contributed by atoms with Crippen molar-refractivity contribution in [3.05, 3.63) is 64.5 Å². The molecule has 3 heterocycles. The van der Waals surface area contributed by atoms with E-state index in [4.69, 9.17) is 4.74 Å².